The molecular formula is C19H32N2OSi. The molecule has 0 saturated carbocycles. The smallest absolute Gasteiger partial charge is 0.216 e. The number of anilines is 1. The van der Waals surface area contributed by atoms with Crippen LogP contribution >= 0.6 is 0 Å². The molecule has 1 aromatic carbocycles. The van der Waals surface area contributed by atoms with Crippen LogP contribution < -0.4 is 10.1 Å². The third kappa shape index (κ3) is 3.32. The summed E-state index contributed by atoms with van der Waals surface area (Å²) in [6.07, 6.45) is 0. The second-order valence-electron chi connectivity index (χ2n) is 7.42. The maximum absolute atomic E-state index is 6.19. The zero-order valence-corrected chi connectivity index (χ0v) is 16.9. The Morgan fingerprint density at radius 1 is 1.13 bits per heavy atom. The van der Waals surface area contributed by atoms with Crippen LogP contribution in [-0.2, 0) is 4.74 Å². The summed E-state index contributed by atoms with van der Waals surface area (Å²) in [5, 5.41) is 1.54. The fraction of sp³-hybridized carbons (Fsp3) is 0.632. The van der Waals surface area contributed by atoms with Gasteiger partial charge in [0.05, 0.1) is 14.6 Å². The Kier molecular flexibility index (Phi) is 5.24. The third-order valence-electron chi connectivity index (χ3n) is 5.29. The van der Waals surface area contributed by atoms with Crippen LogP contribution in [0.25, 0.3) is 0 Å². The van der Waals surface area contributed by atoms with Crippen LogP contribution in [0.1, 0.15) is 40.2 Å². The van der Waals surface area contributed by atoms with E-state index >= 15 is 0 Å². The van der Waals surface area contributed by atoms with Crippen molar-refractivity contribution in [1.82, 2.24) is 0 Å². The molecule has 1 aromatic rings. The third-order valence-corrected chi connectivity index (χ3v) is 10.9. The molecule has 3 nitrogen and oxygen atoms in total. The lowest BCUT2D eigenvalue weighted by Gasteiger charge is -2.35. The average Bonchev–Trinajstić information content (AvgIpc) is 2.89. The standard InChI is InChI=1S/C19H32N2OSi/c1-8-23(9-2,10-3)17-15(12-11-13-16(17)21(6)7)18-20-14-19(4,5)22-18/h11-13H,8-10,14H2,1-7H3. The highest BCUT2D eigenvalue weighted by Crippen LogP contribution is 2.29. The Bertz CT molecular complexity index is 581. The van der Waals surface area contributed by atoms with E-state index in [4.69, 9.17) is 9.73 Å². The van der Waals surface area contributed by atoms with E-state index in [1.54, 1.807) is 0 Å². The van der Waals surface area contributed by atoms with E-state index in [2.05, 4.69) is 71.8 Å². The van der Waals surface area contributed by atoms with Gasteiger partial charge >= 0.3 is 0 Å². The fourth-order valence-electron chi connectivity index (χ4n) is 3.66. The first kappa shape index (κ1) is 18.1. The van der Waals surface area contributed by atoms with Gasteiger partial charge in [-0.15, -0.1) is 0 Å². The van der Waals surface area contributed by atoms with E-state index in [-0.39, 0.29) is 5.60 Å². The summed E-state index contributed by atoms with van der Waals surface area (Å²) in [6.45, 7) is 12.0. The van der Waals surface area contributed by atoms with Gasteiger partial charge in [-0.1, -0.05) is 45.0 Å². The Labute approximate surface area is 142 Å². The molecule has 1 heterocycles. The van der Waals surface area contributed by atoms with Crippen LogP contribution in [0.2, 0.25) is 18.1 Å². The van der Waals surface area contributed by atoms with E-state index in [0.29, 0.717) is 0 Å². The van der Waals surface area contributed by atoms with E-state index in [1.165, 1.54) is 34.6 Å². The van der Waals surface area contributed by atoms with E-state index < -0.39 is 8.07 Å². The molecule has 0 fully saturated rings. The lowest BCUT2D eigenvalue weighted by atomic mass is 10.1. The molecule has 0 aromatic heterocycles. The number of ether oxygens (including phenoxy) is 1. The molecule has 0 N–H and O–H groups in total. The van der Waals surface area contributed by atoms with Gasteiger partial charge in [-0.25, -0.2) is 4.99 Å². The molecule has 0 spiro atoms. The maximum atomic E-state index is 6.19. The van der Waals surface area contributed by atoms with Crippen molar-refractivity contribution in [2.75, 3.05) is 25.5 Å². The molecule has 0 amide bonds. The first-order chi connectivity index (χ1) is 10.8. The molecule has 0 bridgehead atoms. The summed E-state index contributed by atoms with van der Waals surface area (Å²) in [5.74, 6) is 0.848. The minimum atomic E-state index is -1.56. The maximum Gasteiger partial charge on any atom is 0.216 e. The molecule has 2 rings (SSSR count). The highest BCUT2D eigenvalue weighted by molar-refractivity contribution is 6.93. The molecule has 1 aliphatic heterocycles. The van der Waals surface area contributed by atoms with Crippen LogP contribution in [0.5, 0.6) is 0 Å². The number of nitrogens with zero attached hydrogens (tertiary/aromatic N) is 2. The molecule has 23 heavy (non-hydrogen) atoms. The van der Waals surface area contributed by atoms with Crippen LogP contribution in [0.3, 0.4) is 0 Å². The van der Waals surface area contributed by atoms with Crippen molar-refractivity contribution in [2.24, 2.45) is 4.99 Å². The highest BCUT2D eigenvalue weighted by Gasteiger charge is 2.38. The molecule has 4 heteroatoms. The quantitative estimate of drug-likeness (QED) is 0.735. The van der Waals surface area contributed by atoms with Crippen LogP contribution in [0, 0.1) is 0 Å². The van der Waals surface area contributed by atoms with Crippen molar-refractivity contribution >= 4 is 24.8 Å². The topological polar surface area (TPSA) is 24.8 Å². The summed E-state index contributed by atoms with van der Waals surface area (Å²) in [6, 6.07) is 10.4. The summed E-state index contributed by atoms with van der Waals surface area (Å²) >= 11 is 0. The number of hydrogen-bond donors (Lipinski definition) is 0. The van der Waals surface area contributed by atoms with Crippen molar-refractivity contribution in [3.8, 4) is 0 Å². The van der Waals surface area contributed by atoms with Gasteiger partial charge in [0, 0.05) is 25.3 Å². The van der Waals surface area contributed by atoms with E-state index in [1.807, 2.05) is 0 Å². The van der Waals surface area contributed by atoms with Gasteiger partial charge in [0.2, 0.25) is 5.90 Å². The van der Waals surface area contributed by atoms with Gasteiger partial charge in [-0.05, 0) is 31.2 Å². The zero-order valence-electron chi connectivity index (χ0n) is 15.9. The van der Waals surface area contributed by atoms with Crippen LogP contribution in [-0.4, -0.2) is 40.2 Å². The van der Waals surface area contributed by atoms with E-state index in [9.17, 15) is 0 Å². The van der Waals surface area contributed by atoms with Gasteiger partial charge in [0.25, 0.3) is 0 Å². The lowest BCUT2D eigenvalue weighted by molar-refractivity contribution is 0.131. The number of aliphatic imine (C=N–C) groups is 1. The molecule has 1 aliphatic rings. The van der Waals surface area contributed by atoms with Gasteiger partial charge in [0.1, 0.15) is 5.60 Å². The van der Waals surface area contributed by atoms with Gasteiger partial charge < -0.3 is 9.64 Å². The summed E-state index contributed by atoms with van der Waals surface area (Å²) in [4.78, 5) is 6.99. The monoisotopic (exact) mass is 332 g/mol. The average molecular weight is 333 g/mol. The SMILES string of the molecule is CC[Si](CC)(CC)c1c(C2=NCC(C)(C)O2)cccc1N(C)C. The zero-order chi connectivity index (χ0) is 17.3. The van der Waals surface area contributed by atoms with Gasteiger partial charge in [0.15, 0.2) is 0 Å². The summed E-state index contributed by atoms with van der Waals surface area (Å²) in [5.41, 5.74) is 2.39. The Morgan fingerprint density at radius 2 is 1.74 bits per heavy atom. The van der Waals surface area contributed by atoms with Crippen molar-refractivity contribution in [3.63, 3.8) is 0 Å². The second-order valence-corrected chi connectivity index (χ2v) is 12.6. The van der Waals surface area contributed by atoms with E-state index in [0.717, 1.165) is 12.4 Å². The number of hydrogen-bond acceptors (Lipinski definition) is 3. The molecule has 0 atom stereocenters. The van der Waals surface area contributed by atoms with Crippen molar-refractivity contribution in [1.29, 1.82) is 0 Å². The lowest BCUT2D eigenvalue weighted by Crippen LogP contribution is -2.50. The predicted octanol–water partition coefficient (Wildman–Crippen LogP) is 4.02. The second kappa shape index (κ2) is 6.68. The Morgan fingerprint density at radius 3 is 2.17 bits per heavy atom. The van der Waals surface area contributed by atoms with Crippen molar-refractivity contribution < 1.29 is 4.74 Å². The molecule has 0 aliphatic carbocycles. The molecular weight excluding hydrogens is 300 g/mol. The number of rotatable bonds is 6. The van der Waals surface area contributed by atoms with Crippen LogP contribution in [0.4, 0.5) is 5.69 Å². The largest absolute Gasteiger partial charge is 0.469 e. The Hall–Kier alpha value is -1.29. The normalized spacial score (nSPS) is 16.9. The summed E-state index contributed by atoms with van der Waals surface area (Å²) in [7, 11) is 2.72. The molecule has 0 saturated heterocycles. The predicted molar refractivity (Wildman–Crippen MR) is 104 cm³/mol. The minimum Gasteiger partial charge on any atom is -0.469 e. The first-order valence-electron chi connectivity index (χ1n) is 8.85. The van der Waals surface area contributed by atoms with Gasteiger partial charge in [-0.3, -0.25) is 0 Å². The molecule has 0 radical (unpaired) electrons. The molecule has 0 unspecified atom stereocenters. The highest BCUT2D eigenvalue weighted by atomic mass is 28.3. The number of benzene rings is 1. The Balaban J connectivity index is 2.67. The fourth-order valence-corrected chi connectivity index (χ4v) is 7.83. The van der Waals surface area contributed by atoms with Crippen LogP contribution in [0.15, 0.2) is 23.2 Å². The first-order valence-corrected chi connectivity index (χ1v) is 11.5. The summed E-state index contributed by atoms with van der Waals surface area (Å²) < 4.78 is 6.19. The van der Waals surface area contributed by atoms with Gasteiger partial charge in [-0.2, -0.15) is 0 Å². The van der Waals surface area contributed by atoms with Crippen molar-refractivity contribution in [3.05, 3.63) is 23.8 Å². The van der Waals surface area contributed by atoms with Crippen molar-refractivity contribution in [2.45, 2.75) is 58.4 Å². The molecule has 128 valence electrons. The minimum absolute atomic E-state index is 0.185.